The van der Waals surface area contributed by atoms with Crippen molar-refractivity contribution in [2.75, 3.05) is 20.1 Å². The molecule has 0 amide bonds. The van der Waals surface area contributed by atoms with Crippen LogP contribution < -0.4 is 5.32 Å². The Labute approximate surface area is 110 Å². The summed E-state index contributed by atoms with van der Waals surface area (Å²) in [5, 5.41) is 3.34. The van der Waals surface area contributed by atoms with Crippen LogP contribution in [0.3, 0.4) is 0 Å². The Balaban J connectivity index is 0.000000771. The Morgan fingerprint density at radius 1 is 1.22 bits per heavy atom. The van der Waals surface area contributed by atoms with E-state index in [1.807, 2.05) is 13.8 Å². The summed E-state index contributed by atoms with van der Waals surface area (Å²) in [4.78, 5) is 14.6. The minimum atomic E-state index is -0.389. The van der Waals surface area contributed by atoms with Crippen LogP contribution in [0, 0.1) is 0 Å². The first-order valence-electron chi connectivity index (χ1n) is 6.63. The van der Waals surface area contributed by atoms with E-state index in [2.05, 4.69) is 30.4 Å². The van der Waals surface area contributed by atoms with Crippen molar-refractivity contribution in [2.24, 2.45) is 0 Å². The van der Waals surface area contributed by atoms with Gasteiger partial charge < -0.3 is 10.2 Å². The van der Waals surface area contributed by atoms with E-state index in [1.54, 1.807) is 12.2 Å². The van der Waals surface area contributed by atoms with Gasteiger partial charge in [0.2, 0.25) is 0 Å². The Bertz CT molecular complexity index is 374. The number of hydrogen-bond donors (Lipinski definition) is 1. The largest absolute Gasteiger partial charge is 0.372 e. The predicted molar refractivity (Wildman–Crippen MR) is 76.4 cm³/mol. The van der Waals surface area contributed by atoms with E-state index >= 15 is 0 Å². The smallest absolute Gasteiger partial charge is 0.190 e. The van der Waals surface area contributed by atoms with Crippen LogP contribution in [0.2, 0.25) is 0 Å². The number of Topliss-reactive ketones (excluding diaryl/α,β-unsaturated/α-hetero) is 1. The maximum Gasteiger partial charge on any atom is 0.190 e. The Kier molecular flexibility index (Phi) is 4.91. The van der Waals surface area contributed by atoms with Gasteiger partial charge in [0.25, 0.3) is 0 Å². The quantitative estimate of drug-likeness (QED) is 0.813. The molecule has 2 aliphatic rings. The van der Waals surface area contributed by atoms with Gasteiger partial charge in [0.05, 0.1) is 0 Å². The highest BCUT2D eigenvalue weighted by molar-refractivity contribution is 6.08. The number of carbonyl (C=O) groups is 1. The molecule has 0 unspecified atom stereocenters. The van der Waals surface area contributed by atoms with Crippen molar-refractivity contribution in [1.29, 1.82) is 0 Å². The highest BCUT2D eigenvalue weighted by Gasteiger charge is 2.46. The Morgan fingerprint density at radius 3 is 2.17 bits per heavy atom. The topological polar surface area (TPSA) is 32.3 Å². The summed E-state index contributed by atoms with van der Waals surface area (Å²) in [6.07, 6.45) is 5.06. The number of nitrogens with one attached hydrogen (secondary N) is 1. The van der Waals surface area contributed by atoms with Crippen molar-refractivity contribution in [3.8, 4) is 0 Å². The molecule has 2 heterocycles. The number of ketones is 1. The summed E-state index contributed by atoms with van der Waals surface area (Å²) in [6.45, 7) is 13.3. The molecule has 0 atom stereocenters. The average Bonchev–Trinajstić information content (AvgIpc) is 2.68. The zero-order chi connectivity index (χ0) is 13.8. The van der Waals surface area contributed by atoms with Gasteiger partial charge in [-0.05, 0) is 26.0 Å². The van der Waals surface area contributed by atoms with Gasteiger partial charge in [0.15, 0.2) is 5.78 Å². The van der Waals surface area contributed by atoms with E-state index in [-0.39, 0.29) is 11.3 Å². The van der Waals surface area contributed by atoms with Crippen LogP contribution in [-0.2, 0) is 4.79 Å². The highest BCUT2D eigenvalue weighted by Crippen LogP contribution is 2.33. The molecule has 100 valence electrons. The molecule has 1 saturated heterocycles. The number of piperidine rings is 1. The molecule has 0 radical (unpaired) electrons. The number of nitrogens with zero attached hydrogens (tertiary/aromatic N) is 1. The van der Waals surface area contributed by atoms with Crippen LogP contribution in [0.25, 0.3) is 0 Å². The van der Waals surface area contributed by atoms with Gasteiger partial charge >= 0.3 is 0 Å². The first kappa shape index (κ1) is 14.7. The molecule has 1 fully saturated rings. The third-order valence-corrected chi connectivity index (χ3v) is 3.59. The maximum absolute atomic E-state index is 12.3. The third-order valence-electron chi connectivity index (χ3n) is 3.59. The van der Waals surface area contributed by atoms with Gasteiger partial charge in [0, 0.05) is 24.4 Å². The van der Waals surface area contributed by atoms with Crippen molar-refractivity contribution in [2.45, 2.75) is 32.2 Å². The molecule has 0 aromatic heterocycles. The molecule has 2 rings (SSSR count). The van der Waals surface area contributed by atoms with E-state index in [0.717, 1.165) is 31.6 Å². The van der Waals surface area contributed by atoms with Crippen LogP contribution in [0.4, 0.5) is 0 Å². The van der Waals surface area contributed by atoms with E-state index in [1.165, 1.54) is 0 Å². The molecule has 0 saturated carbocycles. The molecule has 18 heavy (non-hydrogen) atoms. The number of rotatable bonds is 2. The monoisotopic (exact) mass is 248 g/mol. The molecule has 1 spiro atoms. The number of likely N-dealkylation sites (tertiary alicyclic amines) is 1. The van der Waals surface area contributed by atoms with E-state index in [0.29, 0.717) is 5.57 Å². The Hall–Kier alpha value is -1.35. The lowest BCUT2D eigenvalue weighted by Crippen LogP contribution is -2.53. The summed E-state index contributed by atoms with van der Waals surface area (Å²) < 4.78 is 0. The second-order valence-electron chi connectivity index (χ2n) is 4.58. The fourth-order valence-electron chi connectivity index (χ4n) is 2.48. The summed E-state index contributed by atoms with van der Waals surface area (Å²) in [7, 11) is 2.09. The molecule has 3 nitrogen and oxygen atoms in total. The second-order valence-corrected chi connectivity index (χ2v) is 4.58. The zero-order valence-electron chi connectivity index (χ0n) is 11.8. The SMILES string of the molecule is C=CC1=C(C=C)C(=O)C2(CCN(C)CC2)N1.CC. The summed E-state index contributed by atoms with van der Waals surface area (Å²) in [5.74, 6) is 0.186. The molecule has 1 N–H and O–H groups in total. The average molecular weight is 248 g/mol. The fourth-order valence-corrected chi connectivity index (χ4v) is 2.48. The first-order chi connectivity index (χ1) is 8.63. The standard InChI is InChI=1S/C13H18N2O.C2H6/c1-4-10-11(5-2)14-13(12(10)16)6-8-15(3)9-7-13;1-2/h4-5,14H,1-2,6-9H2,3H3;1-2H3. The number of hydrogen-bond acceptors (Lipinski definition) is 3. The lowest BCUT2D eigenvalue weighted by Gasteiger charge is -2.37. The van der Waals surface area contributed by atoms with Gasteiger partial charge in [-0.1, -0.05) is 33.1 Å². The van der Waals surface area contributed by atoms with Gasteiger partial charge in [-0.3, -0.25) is 4.79 Å². The molecule has 0 aromatic carbocycles. The lowest BCUT2D eigenvalue weighted by molar-refractivity contribution is -0.121. The summed E-state index contributed by atoms with van der Waals surface area (Å²) >= 11 is 0. The van der Waals surface area contributed by atoms with E-state index in [4.69, 9.17) is 0 Å². The van der Waals surface area contributed by atoms with Gasteiger partial charge in [-0.15, -0.1) is 0 Å². The van der Waals surface area contributed by atoms with E-state index < -0.39 is 0 Å². The van der Waals surface area contributed by atoms with Gasteiger partial charge in [-0.2, -0.15) is 0 Å². The molecule has 0 aliphatic carbocycles. The van der Waals surface area contributed by atoms with Crippen molar-refractivity contribution in [3.05, 3.63) is 36.6 Å². The van der Waals surface area contributed by atoms with Crippen molar-refractivity contribution >= 4 is 5.78 Å². The van der Waals surface area contributed by atoms with Crippen molar-refractivity contribution < 1.29 is 4.79 Å². The minimum absolute atomic E-state index is 0.186. The van der Waals surface area contributed by atoms with Crippen molar-refractivity contribution in [1.82, 2.24) is 10.2 Å². The molecule has 2 aliphatic heterocycles. The third kappa shape index (κ3) is 2.41. The van der Waals surface area contributed by atoms with E-state index in [9.17, 15) is 4.79 Å². The van der Waals surface area contributed by atoms with Crippen LogP contribution in [0.15, 0.2) is 36.6 Å². The predicted octanol–water partition coefficient (Wildman–Crippen LogP) is 2.28. The minimum Gasteiger partial charge on any atom is -0.372 e. The molecule has 3 heteroatoms. The fraction of sp³-hybridized carbons (Fsp3) is 0.533. The molecule has 0 aromatic rings. The molecular weight excluding hydrogens is 224 g/mol. The number of allylic oxidation sites excluding steroid dienone is 2. The van der Waals surface area contributed by atoms with Crippen LogP contribution in [0.5, 0.6) is 0 Å². The summed E-state index contributed by atoms with van der Waals surface area (Å²) in [6, 6.07) is 0. The lowest BCUT2D eigenvalue weighted by atomic mass is 9.83. The van der Waals surface area contributed by atoms with Crippen LogP contribution >= 0.6 is 0 Å². The summed E-state index contributed by atoms with van der Waals surface area (Å²) in [5.41, 5.74) is 1.14. The molecule has 0 bridgehead atoms. The number of carbonyl (C=O) groups excluding carboxylic acids is 1. The maximum atomic E-state index is 12.3. The highest BCUT2D eigenvalue weighted by atomic mass is 16.1. The van der Waals surface area contributed by atoms with Crippen molar-refractivity contribution in [3.63, 3.8) is 0 Å². The van der Waals surface area contributed by atoms with Gasteiger partial charge in [0.1, 0.15) is 5.54 Å². The van der Waals surface area contributed by atoms with Gasteiger partial charge in [-0.25, -0.2) is 0 Å². The van der Waals surface area contributed by atoms with Crippen LogP contribution in [-0.4, -0.2) is 36.4 Å². The molecular formula is C15H24N2O. The Morgan fingerprint density at radius 2 is 1.78 bits per heavy atom. The first-order valence-corrected chi connectivity index (χ1v) is 6.63. The zero-order valence-corrected chi connectivity index (χ0v) is 11.8. The normalized spacial score (nSPS) is 22.3. The second kappa shape index (κ2) is 6.01. The van der Waals surface area contributed by atoms with Crippen LogP contribution in [0.1, 0.15) is 26.7 Å².